The number of methoxy groups -OCH3 is 1. The molecule has 0 saturated carbocycles. The van der Waals surface area contributed by atoms with Crippen LogP contribution in [-0.2, 0) is 11.3 Å². The van der Waals surface area contributed by atoms with Crippen molar-refractivity contribution < 1.29 is 19.1 Å². The zero-order valence-electron chi connectivity index (χ0n) is 17.1. The second kappa shape index (κ2) is 10.4. The summed E-state index contributed by atoms with van der Waals surface area (Å²) in [4.78, 5) is 24.0. The lowest BCUT2D eigenvalue weighted by atomic mass is 10.2. The number of hydrogen-bond acceptors (Lipinski definition) is 6. The van der Waals surface area contributed by atoms with Crippen LogP contribution in [0.15, 0.2) is 48.7 Å². The highest BCUT2D eigenvalue weighted by Gasteiger charge is 2.14. The SMILES string of the molecule is CCNC(=O)COc1ccc(CNC(=O)c2cn(-c3ccccc3Cl)nn2)cc1OC. The van der Waals surface area contributed by atoms with Gasteiger partial charge in [-0.1, -0.05) is 35.0 Å². The van der Waals surface area contributed by atoms with E-state index in [1.807, 2.05) is 13.0 Å². The van der Waals surface area contributed by atoms with Gasteiger partial charge in [0, 0.05) is 13.1 Å². The molecule has 2 N–H and O–H groups in total. The summed E-state index contributed by atoms with van der Waals surface area (Å²) in [7, 11) is 1.50. The molecule has 0 aliphatic heterocycles. The minimum absolute atomic E-state index is 0.110. The van der Waals surface area contributed by atoms with Crippen molar-refractivity contribution in [1.82, 2.24) is 25.6 Å². The van der Waals surface area contributed by atoms with Gasteiger partial charge < -0.3 is 20.1 Å². The van der Waals surface area contributed by atoms with Crippen LogP contribution in [0, 0.1) is 0 Å². The average Bonchev–Trinajstić information content (AvgIpc) is 3.27. The molecule has 2 amide bonds. The summed E-state index contributed by atoms with van der Waals surface area (Å²) in [5.74, 6) is 0.298. The Kier molecular flexibility index (Phi) is 7.45. The van der Waals surface area contributed by atoms with Crippen molar-refractivity contribution in [2.45, 2.75) is 13.5 Å². The molecular weight excluding hydrogens is 422 g/mol. The molecule has 2 aromatic carbocycles. The number of amides is 2. The summed E-state index contributed by atoms with van der Waals surface area (Å²) in [5, 5.41) is 13.8. The summed E-state index contributed by atoms with van der Waals surface area (Å²) in [6.45, 7) is 2.50. The third-order valence-electron chi connectivity index (χ3n) is 4.24. The van der Waals surface area contributed by atoms with Gasteiger partial charge in [-0.15, -0.1) is 5.10 Å². The van der Waals surface area contributed by atoms with E-state index in [1.165, 1.54) is 18.0 Å². The first-order chi connectivity index (χ1) is 15.0. The minimum Gasteiger partial charge on any atom is -0.493 e. The number of halogens is 1. The lowest BCUT2D eigenvalue weighted by Gasteiger charge is -2.12. The molecule has 0 aliphatic rings. The van der Waals surface area contributed by atoms with E-state index in [0.717, 1.165) is 5.56 Å². The number of rotatable bonds is 9. The summed E-state index contributed by atoms with van der Waals surface area (Å²) in [6, 6.07) is 12.3. The van der Waals surface area contributed by atoms with Gasteiger partial charge in [0.05, 0.1) is 24.0 Å². The van der Waals surface area contributed by atoms with Crippen LogP contribution in [0.4, 0.5) is 0 Å². The molecule has 3 rings (SSSR count). The molecule has 9 nitrogen and oxygen atoms in total. The Morgan fingerprint density at radius 1 is 1.13 bits per heavy atom. The number of likely N-dealkylation sites (N-methyl/N-ethyl adjacent to an activating group) is 1. The topological polar surface area (TPSA) is 107 Å². The lowest BCUT2D eigenvalue weighted by molar-refractivity contribution is -0.123. The van der Waals surface area contributed by atoms with Gasteiger partial charge in [0.25, 0.3) is 11.8 Å². The van der Waals surface area contributed by atoms with E-state index in [4.69, 9.17) is 21.1 Å². The molecule has 0 fully saturated rings. The molecule has 0 aliphatic carbocycles. The van der Waals surface area contributed by atoms with Gasteiger partial charge in [0.2, 0.25) is 0 Å². The van der Waals surface area contributed by atoms with Crippen LogP contribution >= 0.6 is 11.6 Å². The molecule has 0 unspecified atom stereocenters. The Hall–Kier alpha value is -3.59. The van der Waals surface area contributed by atoms with Crippen molar-refractivity contribution in [2.24, 2.45) is 0 Å². The highest BCUT2D eigenvalue weighted by atomic mass is 35.5. The normalized spacial score (nSPS) is 10.4. The van der Waals surface area contributed by atoms with Crippen LogP contribution in [0.1, 0.15) is 23.0 Å². The van der Waals surface area contributed by atoms with E-state index in [1.54, 1.807) is 36.4 Å². The van der Waals surface area contributed by atoms with E-state index >= 15 is 0 Å². The van der Waals surface area contributed by atoms with Gasteiger partial charge in [0.15, 0.2) is 23.8 Å². The van der Waals surface area contributed by atoms with Crippen LogP contribution in [-0.4, -0.2) is 47.1 Å². The predicted octanol–water partition coefficient (Wildman–Crippen LogP) is 2.37. The van der Waals surface area contributed by atoms with Gasteiger partial charge in [-0.05, 0) is 36.8 Å². The molecule has 0 bridgehead atoms. The number of nitrogens with zero attached hydrogens (tertiary/aromatic N) is 3. The lowest BCUT2D eigenvalue weighted by Crippen LogP contribution is -2.28. The number of nitrogens with one attached hydrogen (secondary N) is 2. The zero-order chi connectivity index (χ0) is 22.2. The first-order valence-electron chi connectivity index (χ1n) is 9.53. The molecule has 1 heterocycles. The van der Waals surface area contributed by atoms with E-state index in [9.17, 15) is 9.59 Å². The first-order valence-corrected chi connectivity index (χ1v) is 9.91. The average molecular weight is 444 g/mol. The fourth-order valence-electron chi connectivity index (χ4n) is 2.73. The largest absolute Gasteiger partial charge is 0.493 e. The molecule has 0 spiro atoms. The third kappa shape index (κ3) is 5.73. The van der Waals surface area contributed by atoms with Crippen LogP contribution in [0.3, 0.4) is 0 Å². The molecule has 162 valence electrons. The number of benzene rings is 2. The number of aromatic nitrogens is 3. The number of hydrogen-bond donors (Lipinski definition) is 2. The Bertz CT molecular complexity index is 1070. The van der Waals surface area contributed by atoms with Crippen LogP contribution in [0.2, 0.25) is 5.02 Å². The maximum Gasteiger partial charge on any atom is 0.273 e. The quantitative estimate of drug-likeness (QED) is 0.525. The molecule has 0 atom stereocenters. The van der Waals surface area contributed by atoms with E-state index in [2.05, 4.69) is 20.9 Å². The van der Waals surface area contributed by atoms with Crippen molar-refractivity contribution in [3.8, 4) is 17.2 Å². The second-order valence-electron chi connectivity index (χ2n) is 6.41. The highest BCUT2D eigenvalue weighted by molar-refractivity contribution is 6.32. The Morgan fingerprint density at radius 2 is 1.94 bits per heavy atom. The molecule has 31 heavy (non-hydrogen) atoms. The van der Waals surface area contributed by atoms with E-state index in [-0.39, 0.29) is 30.7 Å². The molecule has 3 aromatic rings. The summed E-state index contributed by atoms with van der Waals surface area (Å²) >= 11 is 6.15. The summed E-state index contributed by atoms with van der Waals surface area (Å²) in [6.07, 6.45) is 1.51. The van der Waals surface area contributed by atoms with Gasteiger partial charge in [0.1, 0.15) is 0 Å². The maximum atomic E-state index is 12.4. The maximum absolute atomic E-state index is 12.4. The van der Waals surface area contributed by atoms with Crippen molar-refractivity contribution in [2.75, 3.05) is 20.3 Å². The highest BCUT2D eigenvalue weighted by Crippen LogP contribution is 2.28. The number of carbonyl (C=O) groups is 2. The van der Waals surface area contributed by atoms with Crippen molar-refractivity contribution >= 4 is 23.4 Å². The first kappa shape index (κ1) is 22.1. The molecular formula is C21H22ClN5O4. The van der Waals surface area contributed by atoms with Crippen LogP contribution in [0.25, 0.3) is 5.69 Å². The van der Waals surface area contributed by atoms with E-state index < -0.39 is 0 Å². The predicted molar refractivity (Wildman–Crippen MR) is 115 cm³/mol. The third-order valence-corrected chi connectivity index (χ3v) is 4.56. The Balaban J connectivity index is 1.61. The van der Waals surface area contributed by atoms with Gasteiger partial charge >= 0.3 is 0 Å². The van der Waals surface area contributed by atoms with Crippen LogP contribution in [0.5, 0.6) is 11.5 Å². The number of carbonyl (C=O) groups excluding carboxylic acids is 2. The zero-order valence-corrected chi connectivity index (χ0v) is 17.8. The van der Waals surface area contributed by atoms with Crippen LogP contribution < -0.4 is 20.1 Å². The monoisotopic (exact) mass is 443 g/mol. The van der Waals surface area contributed by atoms with Crippen molar-refractivity contribution in [3.63, 3.8) is 0 Å². The van der Waals surface area contributed by atoms with Gasteiger partial charge in [-0.2, -0.15) is 0 Å². The van der Waals surface area contributed by atoms with Gasteiger partial charge in [-0.25, -0.2) is 4.68 Å². The molecule has 1 aromatic heterocycles. The van der Waals surface area contributed by atoms with E-state index in [0.29, 0.717) is 28.8 Å². The minimum atomic E-state index is -0.381. The van der Waals surface area contributed by atoms with Crippen molar-refractivity contribution in [3.05, 3.63) is 64.9 Å². The summed E-state index contributed by atoms with van der Waals surface area (Å²) in [5.41, 5.74) is 1.58. The summed E-state index contributed by atoms with van der Waals surface area (Å²) < 4.78 is 12.3. The number of ether oxygens (including phenoxy) is 2. The smallest absolute Gasteiger partial charge is 0.273 e. The fraction of sp³-hybridized carbons (Fsp3) is 0.238. The second-order valence-corrected chi connectivity index (χ2v) is 6.82. The fourth-order valence-corrected chi connectivity index (χ4v) is 2.95. The van der Waals surface area contributed by atoms with Gasteiger partial charge in [-0.3, -0.25) is 9.59 Å². The van der Waals surface area contributed by atoms with Crippen molar-refractivity contribution in [1.29, 1.82) is 0 Å². The molecule has 10 heteroatoms. The standard InChI is InChI=1S/C21H22ClN5O4/c1-3-23-20(28)13-31-18-9-8-14(10-19(18)30-2)11-24-21(29)16-12-27(26-25-16)17-7-5-4-6-15(17)22/h4-10,12H,3,11,13H2,1-2H3,(H,23,28)(H,24,29). The Labute approximate surface area is 184 Å². The molecule has 0 saturated heterocycles. The Morgan fingerprint density at radius 3 is 2.68 bits per heavy atom. The molecule has 0 radical (unpaired) electrons. The number of para-hydroxylation sites is 1.